The van der Waals surface area contributed by atoms with Crippen LogP contribution in [0.2, 0.25) is 0 Å². The minimum atomic E-state index is -0.370. The van der Waals surface area contributed by atoms with Gasteiger partial charge in [0.05, 0.1) is 7.11 Å². The molecule has 0 aliphatic rings. The molecule has 6 nitrogen and oxygen atoms in total. The molecule has 0 saturated carbocycles. The fourth-order valence-electron chi connectivity index (χ4n) is 3.21. The van der Waals surface area contributed by atoms with Crippen molar-refractivity contribution < 1.29 is 19.0 Å². The van der Waals surface area contributed by atoms with E-state index in [-0.39, 0.29) is 25.1 Å². The summed E-state index contributed by atoms with van der Waals surface area (Å²) >= 11 is 0. The summed E-state index contributed by atoms with van der Waals surface area (Å²) in [5.41, 5.74) is 8.61. The van der Waals surface area contributed by atoms with Gasteiger partial charge in [-0.3, -0.25) is 0 Å². The molecule has 33 heavy (non-hydrogen) atoms. The van der Waals surface area contributed by atoms with Crippen molar-refractivity contribution in [2.75, 3.05) is 20.2 Å². The van der Waals surface area contributed by atoms with E-state index in [0.29, 0.717) is 44.2 Å². The number of hydrogen-bond acceptors (Lipinski definition) is 5. The molecule has 0 spiro atoms. The molecule has 176 valence electrons. The van der Waals surface area contributed by atoms with E-state index in [1.807, 2.05) is 78.9 Å². The highest BCUT2D eigenvalue weighted by Crippen LogP contribution is 2.29. The van der Waals surface area contributed by atoms with Crippen LogP contribution in [0.15, 0.2) is 78.9 Å². The zero-order chi connectivity index (χ0) is 22.6. The lowest BCUT2D eigenvalue weighted by Gasteiger charge is -2.23. The summed E-state index contributed by atoms with van der Waals surface area (Å²) in [5, 5.41) is 0. The lowest BCUT2D eigenvalue weighted by molar-refractivity contribution is 0.0934. The second kappa shape index (κ2) is 14.0. The number of benzene rings is 3. The Balaban J connectivity index is 0.00000385. The molecule has 0 atom stereocenters. The molecule has 0 saturated heterocycles. The van der Waals surface area contributed by atoms with Crippen LogP contribution < -0.4 is 15.2 Å². The van der Waals surface area contributed by atoms with Crippen molar-refractivity contribution in [1.82, 2.24) is 4.90 Å². The maximum absolute atomic E-state index is 12.7. The van der Waals surface area contributed by atoms with E-state index in [4.69, 9.17) is 19.9 Å². The number of amides is 1. The number of methoxy groups -OCH3 is 1. The third kappa shape index (κ3) is 8.33. The first-order chi connectivity index (χ1) is 15.7. The minimum absolute atomic E-state index is 0. The molecule has 3 aromatic carbocycles. The molecule has 0 fully saturated rings. The van der Waals surface area contributed by atoms with Crippen molar-refractivity contribution in [3.05, 3.63) is 95.6 Å². The highest BCUT2D eigenvalue weighted by Gasteiger charge is 2.17. The summed E-state index contributed by atoms with van der Waals surface area (Å²) in [4.78, 5) is 14.4. The van der Waals surface area contributed by atoms with E-state index in [9.17, 15) is 4.79 Å². The van der Waals surface area contributed by atoms with Crippen LogP contribution in [0.4, 0.5) is 4.79 Å². The number of carbonyl (C=O) groups is 1. The van der Waals surface area contributed by atoms with Gasteiger partial charge in [0.2, 0.25) is 0 Å². The van der Waals surface area contributed by atoms with E-state index in [2.05, 4.69) is 0 Å². The first kappa shape index (κ1) is 26.0. The Morgan fingerprint density at radius 3 is 2.09 bits per heavy atom. The minimum Gasteiger partial charge on any atom is -0.493 e. The third-order valence-corrected chi connectivity index (χ3v) is 4.93. The molecule has 7 heteroatoms. The van der Waals surface area contributed by atoms with Crippen molar-refractivity contribution in [1.29, 1.82) is 0 Å². The van der Waals surface area contributed by atoms with Gasteiger partial charge in [-0.2, -0.15) is 0 Å². The standard InChI is InChI=1S/C26H30N2O4.ClH/c1-30-25-17-23(13-14-24(25)31-19-21-9-4-2-5-10-21)18-28(16-8-15-27)26(29)32-20-22-11-6-3-7-12-22;/h2-7,9-14,17H,8,15-16,18-20,27H2,1H3;1H. The van der Waals surface area contributed by atoms with Crippen LogP contribution in [0.3, 0.4) is 0 Å². The number of hydrogen-bond donors (Lipinski definition) is 1. The van der Waals surface area contributed by atoms with Gasteiger partial charge in [-0.05, 0) is 41.8 Å². The average molecular weight is 471 g/mol. The molecule has 0 radical (unpaired) electrons. The first-order valence-electron chi connectivity index (χ1n) is 10.7. The van der Waals surface area contributed by atoms with Gasteiger partial charge in [0.15, 0.2) is 11.5 Å². The summed E-state index contributed by atoms with van der Waals surface area (Å²) in [7, 11) is 1.61. The molecule has 0 aliphatic carbocycles. The van der Waals surface area contributed by atoms with Gasteiger partial charge in [-0.1, -0.05) is 66.7 Å². The van der Waals surface area contributed by atoms with Gasteiger partial charge in [-0.25, -0.2) is 4.79 Å². The van der Waals surface area contributed by atoms with Crippen LogP contribution in [0, 0.1) is 0 Å². The zero-order valence-electron chi connectivity index (χ0n) is 18.8. The molecule has 2 N–H and O–H groups in total. The highest BCUT2D eigenvalue weighted by molar-refractivity contribution is 5.85. The molecule has 0 heterocycles. The third-order valence-electron chi connectivity index (χ3n) is 4.93. The number of rotatable bonds is 11. The molecule has 0 aromatic heterocycles. The van der Waals surface area contributed by atoms with E-state index in [0.717, 1.165) is 16.7 Å². The Morgan fingerprint density at radius 2 is 1.48 bits per heavy atom. The Labute approximate surface area is 201 Å². The van der Waals surface area contributed by atoms with Gasteiger partial charge in [0.25, 0.3) is 0 Å². The monoisotopic (exact) mass is 470 g/mol. The Morgan fingerprint density at radius 1 is 0.848 bits per heavy atom. The fourth-order valence-corrected chi connectivity index (χ4v) is 3.21. The van der Waals surface area contributed by atoms with Gasteiger partial charge in [0, 0.05) is 13.1 Å². The number of nitrogens with zero attached hydrogens (tertiary/aromatic N) is 1. The number of halogens is 1. The van der Waals surface area contributed by atoms with Crippen LogP contribution in [0.5, 0.6) is 11.5 Å². The molecular weight excluding hydrogens is 440 g/mol. The van der Waals surface area contributed by atoms with Crippen molar-refractivity contribution in [2.45, 2.75) is 26.2 Å². The van der Waals surface area contributed by atoms with E-state index >= 15 is 0 Å². The second-order valence-electron chi connectivity index (χ2n) is 7.36. The molecule has 3 rings (SSSR count). The Hall–Kier alpha value is -3.22. The Bertz CT molecular complexity index is 971. The fraction of sp³-hybridized carbons (Fsp3) is 0.269. The largest absolute Gasteiger partial charge is 0.493 e. The highest BCUT2D eigenvalue weighted by atomic mass is 35.5. The number of carbonyl (C=O) groups excluding carboxylic acids is 1. The maximum Gasteiger partial charge on any atom is 0.410 e. The normalized spacial score (nSPS) is 10.1. The predicted octanol–water partition coefficient (Wildman–Crippen LogP) is 5.18. The van der Waals surface area contributed by atoms with Crippen molar-refractivity contribution in [3.63, 3.8) is 0 Å². The average Bonchev–Trinajstić information content (AvgIpc) is 2.85. The summed E-state index contributed by atoms with van der Waals surface area (Å²) in [6.07, 6.45) is 0.321. The maximum atomic E-state index is 12.7. The van der Waals surface area contributed by atoms with Crippen LogP contribution >= 0.6 is 12.4 Å². The number of nitrogens with two attached hydrogens (primary N) is 1. The van der Waals surface area contributed by atoms with Crippen molar-refractivity contribution in [2.24, 2.45) is 5.73 Å². The number of ether oxygens (including phenoxy) is 3. The summed E-state index contributed by atoms with van der Waals surface area (Å²) in [6.45, 7) is 2.08. The van der Waals surface area contributed by atoms with Crippen LogP contribution in [-0.2, 0) is 24.5 Å². The molecular formula is C26H31ClN2O4. The lowest BCUT2D eigenvalue weighted by atomic mass is 10.2. The quantitative estimate of drug-likeness (QED) is 0.417. The zero-order valence-corrected chi connectivity index (χ0v) is 19.6. The summed E-state index contributed by atoms with van der Waals surface area (Å²) in [5.74, 6) is 1.27. The molecule has 0 bridgehead atoms. The summed E-state index contributed by atoms with van der Waals surface area (Å²) < 4.78 is 17.0. The SMILES string of the molecule is COc1cc(CN(CCCN)C(=O)OCc2ccccc2)ccc1OCc1ccccc1.Cl. The van der Waals surface area contributed by atoms with E-state index in [1.54, 1.807) is 12.0 Å². The van der Waals surface area contributed by atoms with E-state index < -0.39 is 0 Å². The molecule has 0 unspecified atom stereocenters. The molecule has 1 amide bonds. The van der Waals surface area contributed by atoms with Gasteiger partial charge < -0.3 is 24.8 Å². The summed E-state index contributed by atoms with van der Waals surface area (Å²) in [6, 6.07) is 25.3. The second-order valence-corrected chi connectivity index (χ2v) is 7.36. The smallest absolute Gasteiger partial charge is 0.410 e. The Kier molecular flexibility index (Phi) is 11.1. The van der Waals surface area contributed by atoms with Crippen molar-refractivity contribution in [3.8, 4) is 11.5 Å². The topological polar surface area (TPSA) is 74.0 Å². The van der Waals surface area contributed by atoms with Gasteiger partial charge >= 0.3 is 6.09 Å². The first-order valence-corrected chi connectivity index (χ1v) is 10.7. The molecule has 0 aliphatic heterocycles. The van der Waals surface area contributed by atoms with Crippen LogP contribution in [0.1, 0.15) is 23.1 Å². The molecule has 3 aromatic rings. The predicted molar refractivity (Wildman–Crippen MR) is 132 cm³/mol. The lowest BCUT2D eigenvalue weighted by Crippen LogP contribution is -2.33. The van der Waals surface area contributed by atoms with Crippen LogP contribution in [0.25, 0.3) is 0 Å². The van der Waals surface area contributed by atoms with Gasteiger partial charge in [-0.15, -0.1) is 12.4 Å². The van der Waals surface area contributed by atoms with E-state index in [1.165, 1.54) is 0 Å². The van der Waals surface area contributed by atoms with Gasteiger partial charge in [0.1, 0.15) is 13.2 Å². The van der Waals surface area contributed by atoms with Crippen LogP contribution in [-0.4, -0.2) is 31.2 Å². The van der Waals surface area contributed by atoms with Crippen molar-refractivity contribution >= 4 is 18.5 Å².